The Hall–Kier alpha value is 1.07. The van der Waals surface area contributed by atoms with Crippen molar-refractivity contribution in [1.82, 2.24) is 0 Å². The van der Waals surface area contributed by atoms with E-state index in [1.165, 1.54) is 0 Å². The summed E-state index contributed by atoms with van der Waals surface area (Å²) >= 11 is 15.8. The molecule has 0 aliphatic heterocycles. The second-order valence-electron chi connectivity index (χ2n) is 1.86. The molecule has 0 aromatic carbocycles. The number of hydrogen-bond acceptors (Lipinski definition) is 0. The highest BCUT2D eigenvalue weighted by Gasteiger charge is 2.59. The lowest BCUT2D eigenvalue weighted by molar-refractivity contribution is -0.0125. The van der Waals surface area contributed by atoms with Crippen molar-refractivity contribution in [1.29, 1.82) is 0 Å². The van der Waals surface area contributed by atoms with Crippen LogP contribution in [0.3, 0.4) is 0 Å². The summed E-state index contributed by atoms with van der Waals surface area (Å²) < 4.78 is 49.3. The molecule has 0 aliphatic carbocycles. The molecule has 0 rings (SSSR count). The molecule has 74 valence electrons. The highest BCUT2D eigenvalue weighted by Crippen LogP contribution is 2.47. The van der Waals surface area contributed by atoms with Gasteiger partial charge in [0.05, 0.1) is 0 Å². The maximum atomic E-state index is 12.8. The van der Waals surface area contributed by atoms with Gasteiger partial charge < -0.3 is 0 Å². The van der Waals surface area contributed by atoms with Crippen LogP contribution in [0.15, 0.2) is 0 Å². The van der Waals surface area contributed by atoms with Crippen LogP contribution in [-0.4, -0.2) is 21.0 Å². The molecule has 0 N–H and O–H groups in total. The second kappa shape index (κ2) is 4.07. The molecule has 0 aromatic heterocycles. The van der Waals surface area contributed by atoms with Crippen LogP contribution in [0.1, 0.15) is 0 Å². The number of alkyl halides is 8. The Morgan fingerprint density at radius 2 is 1.50 bits per heavy atom. The van der Waals surface area contributed by atoms with Crippen molar-refractivity contribution < 1.29 is 17.6 Å². The van der Waals surface area contributed by atoms with Gasteiger partial charge >= 0.3 is 4.83 Å². The van der Waals surface area contributed by atoms with Crippen LogP contribution in [0, 0.1) is 0 Å². The molecular weight excluding hydrogens is 310 g/mol. The summed E-state index contributed by atoms with van der Waals surface area (Å²) in [5, 5.41) is -6.12. The molecule has 0 saturated heterocycles. The summed E-state index contributed by atoms with van der Waals surface area (Å²) in [4.78, 5) is -4.15. The summed E-state index contributed by atoms with van der Waals surface area (Å²) in [5.41, 5.74) is -2.50. The SMILES string of the molecule is FC(Cl)C(Cl)C(F)(Cl)C(F)(F)Br. The van der Waals surface area contributed by atoms with E-state index in [-0.39, 0.29) is 0 Å². The third-order valence-corrected chi connectivity index (χ3v) is 3.24. The topological polar surface area (TPSA) is 0 Å². The predicted octanol–water partition coefficient (Wildman–Crippen LogP) is 4.02. The van der Waals surface area contributed by atoms with Crippen LogP contribution < -0.4 is 0 Å². The molecule has 0 bridgehead atoms. The van der Waals surface area contributed by atoms with Crippen LogP contribution in [-0.2, 0) is 0 Å². The molecular formula is C4H2BrCl3F4. The van der Waals surface area contributed by atoms with Crippen molar-refractivity contribution in [2.75, 3.05) is 0 Å². The van der Waals surface area contributed by atoms with Crippen LogP contribution in [0.4, 0.5) is 17.6 Å². The molecule has 3 unspecified atom stereocenters. The quantitative estimate of drug-likeness (QED) is 0.545. The van der Waals surface area contributed by atoms with Gasteiger partial charge in [0, 0.05) is 0 Å². The molecule has 0 aliphatic rings. The van der Waals surface area contributed by atoms with Gasteiger partial charge in [0.1, 0.15) is 5.38 Å². The summed E-state index contributed by atoms with van der Waals surface area (Å²) in [5.74, 6) is 0. The fraction of sp³-hybridized carbons (Fsp3) is 1.00. The van der Waals surface area contributed by atoms with Crippen molar-refractivity contribution in [2.45, 2.75) is 21.0 Å². The minimum Gasteiger partial charge on any atom is -0.228 e. The predicted molar refractivity (Wildman–Crippen MR) is 44.0 cm³/mol. The first-order valence-electron chi connectivity index (χ1n) is 2.47. The summed E-state index contributed by atoms with van der Waals surface area (Å²) in [6.45, 7) is 0. The molecule has 8 heteroatoms. The standard InChI is InChI=1S/C4H2BrCl3F4/c5-4(11,12)3(8,10)1(6)2(7)9/h1-2H. The number of halogens is 8. The number of hydrogen-bond donors (Lipinski definition) is 0. The van der Waals surface area contributed by atoms with Crippen molar-refractivity contribution in [2.24, 2.45) is 0 Å². The lowest BCUT2D eigenvalue weighted by Gasteiger charge is -2.27. The normalized spacial score (nSPS) is 23.0. The van der Waals surface area contributed by atoms with Gasteiger partial charge in [0.2, 0.25) is 0 Å². The molecule has 0 fully saturated rings. The van der Waals surface area contributed by atoms with Gasteiger partial charge in [0.25, 0.3) is 5.13 Å². The lowest BCUT2D eigenvalue weighted by Crippen LogP contribution is -2.45. The maximum Gasteiger partial charge on any atom is 0.350 e. The maximum absolute atomic E-state index is 12.8. The Morgan fingerprint density at radius 3 is 1.58 bits per heavy atom. The Balaban J connectivity index is 4.61. The van der Waals surface area contributed by atoms with Crippen LogP contribution >= 0.6 is 50.7 Å². The van der Waals surface area contributed by atoms with Crippen molar-refractivity contribution >= 4 is 50.7 Å². The zero-order valence-electron chi connectivity index (χ0n) is 5.18. The van der Waals surface area contributed by atoms with Gasteiger partial charge in [-0.25, -0.2) is 8.78 Å². The van der Waals surface area contributed by atoms with E-state index in [1.807, 2.05) is 0 Å². The molecule has 0 spiro atoms. The van der Waals surface area contributed by atoms with Crippen molar-refractivity contribution in [3.05, 3.63) is 0 Å². The fourth-order valence-corrected chi connectivity index (χ4v) is 1.18. The van der Waals surface area contributed by atoms with E-state index >= 15 is 0 Å². The molecule has 0 nitrogen and oxygen atoms in total. The summed E-state index contributed by atoms with van der Waals surface area (Å²) in [7, 11) is 0. The average Bonchev–Trinajstić information content (AvgIpc) is 1.83. The Morgan fingerprint density at radius 1 is 1.17 bits per heavy atom. The molecule has 3 atom stereocenters. The fourth-order valence-electron chi connectivity index (χ4n) is 0.315. The minimum atomic E-state index is -4.15. The number of rotatable bonds is 3. The van der Waals surface area contributed by atoms with E-state index in [0.717, 1.165) is 0 Å². The van der Waals surface area contributed by atoms with E-state index in [4.69, 9.17) is 11.6 Å². The average molecular weight is 312 g/mol. The third-order valence-electron chi connectivity index (χ3n) is 0.946. The first-order chi connectivity index (χ1) is 5.10. The molecule has 12 heavy (non-hydrogen) atoms. The van der Waals surface area contributed by atoms with Gasteiger partial charge in [-0.05, 0) is 15.9 Å². The van der Waals surface area contributed by atoms with Crippen molar-refractivity contribution in [3.63, 3.8) is 0 Å². The van der Waals surface area contributed by atoms with E-state index in [2.05, 4.69) is 23.2 Å². The van der Waals surface area contributed by atoms with Gasteiger partial charge in [-0.3, -0.25) is 0 Å². The van der Waals surface area contributed by atoms with E-state index < -0.39 is 21.0 Å². The Bertz CT molecular complexity index is 157. The Labute approximate surface area is 89.3 Å². The largest absolute Gasteiger partial charge is 0.350 e. The summed E-state index contributed by atoms with van der Waals surface area (Å²) in [6.07, 6.45) is 0. The van der Waals surface area contributed by atoms with E-state index in [9.17, 15) is 17.6 Å². The highest BCUT2D eigenvalue weighted by atomic mass is 79.9. The Kier molecular flexibility index (Phi) is 4.43. The second-order valence-corrected chi connectivity index (χ2v) is 4.29. The minimum absolute atomic E-state index is 1.62. The zero-order chi connectivity index (χ0) is 10.2. The molecule has 0 amide bonds. The van der Waals surface area contributed by atoms with Crippen LogP contribution in [0.25, 0.3) is 0 Å². The first kappa shape index (κ1) is 13.1. The van der Waals surface area contributed by atoms with Gasteiger partial charge in [-0.2, -0.15) is 8.78 Å². The van der Waals surface area contributed by atoms with Crippen LogP contribution in [0.5, 0.6) is 0 Å². The van der Waals surface area contributed by atoms with Crippen LogP contribution in [0.2, 0.25) is 0 Å². The first-order valence-corrected chi connectivity index (χ1v) is 4.52. The monoisotopic (exact) mass is 310 g/mol. The smallest absolute Gasteiger partial charge is 0.228 e. The van der Waals surface area contributed by atoms with Crippen molar-refractivity contribution in [3.8, 4) is 0 Å². The van der Waals surface area contributed by atoms with Gasteiger partial charge in [-0.1, -0.05) is 23.2 Å². The van der Waals surface area contributed by atoms with E-state index in [0.29, 0.717) is 0 Å². The molecule has 0 saturated carbocycles. The molecule has 0 heterocycles. The highest BCUT2D eigenvalue weighted by molar-refractivity contribution is 9.10. The molecule has 0 aromatic rings. The third kappa shape index (κ3) is 2.79. The van der Waals surface area contributed by atoms with Gasteiger partial charge in [0.15, 0.2) is 5.63 Å². The lowest BCUT2D eigenvalue weighted by atomic mass is 10.3. The van der Waals surface area contributed by atoms with E-state index in [1.54, 1.807) is 15.9 Å². The molecule has 0 radical (unpaired) electrons. The summed E-state index contributed by atoms with van der Waals surface area (Å²) in [6, 6.07) is 0. The zero-order valence-corrected chi connectivity index (χ0v) is 9.03. The van der Waals surface area contributed by atoms with Gasteiger partial charge in [-0.15, -0.1) is 11.6 Å².